The number of hydrogen-bond donors (Lipinski definition) is 4. The molecule has 1 heterocycles. The summed E-state index contributed by atoms with van der Waals surface area (Å²) >= 11 is 0. The van der Waals surface area contributed by atoms with Crippen LogP contribution in [0, 0.1) is 0 Å². The Kier molecular flexibility index (Phi) is 38.5. The predicted molar refractivity (Wildman–Crippen MR) is 247 cm³/mol. The van der Waals surface area contributed by atoms with Gasteiger partial charge in [-0.1, -0.05) is 163 Å². The van der Waals surface area contributed by atoms with Crippen molar-refractivity contribution in [3.63, 3.8) is 0 Å². The van der Waals surface area contributed by atoms with Gasteiger partial charge in [-0.25, -0.2) is 0 Å². The van der Waals surface area contributed by atoms with Gasteiger partial charge < -0.3 is 39.4 Å². The molecule has 0 aliphatic carbocycles. The zero-order valence-corrected chi connectivity index (χ0v) is 37.7. The molecule has 0 aromatic heterocycles. The molecule has 344 valence electrons. The van der Waals surface area contributed by atoms with E-state index in [0.717, 1.165) is 77.0 Å². The molecule has 0 radical (unpaired) electrons. The van der Waals surface area contributed by atoms with Crippen molar-refractivity contribution in [3.8, 4) is 0 Å². The molecule has 1 fully saturated rings. The van der Waals surface area contributed by atoms with Gasteiger partial charge >= 0.3 is 5.97 Å². The van der Waals surface area contributed by atoms with Crippen LogP contribution >= 0.6 is 0 Å². The van der Waals surface area contributed by atoms with Gasteiger partial charge in [0.25, 0.3) is 0 Å². The van der Waals surface area contributed by atoms with Crippen LogP contribution in [0.5, 0.6) is 0 Å². The normalized spacial score (nSPS) is 20.8. The van der Waals surface area contributed by atoms with E-state index in [-0.39, 0.29) is 25.6 Å². The van der Waals surface area contributed by atoms with Gasteiger partial charge in [0, 0.05) is 13.0 Å². The molecule has 0 spiro atoms. The van der Waals surface area contributed by atoms with Crippen molar-refractivity contribution < 1.29 is 44.2 Å². The van der Waals surface area contributed by atoms with E-state index in [4.69, 9.17) is 18.9 Å². The number of hydrogen-bond acceptors (Lipinski definition) is 9. The van der Waals surface area contributed by atoms with E-state index in [1.807, 2.05) is 0 Å². The number of rotatable bonds is 39. The van der Waals surface area contributed by atoms with E-state index in [1.165, 1.54) is 64.2 Å². The summed E-state index contributed by atoms with van der Waals surface area (Å²) in [5.74, 6) is -0.347. The number of esters is 1. The second-order valence-electron chi connectivity index (χ2n) is 15.8. The lowest BCUT2D eigenvalue weighted by atomic mass is 9.99. The molecule has 60 heavy (non-hydrogen) atoms. The van der Waals surface area contributed by atoms with Gasteiger partial charge in [0.2, 0.25) is 0 Å². The summed E-state index contributed by atoms with van der Waals surface area (Å²) in [6.07, 6.45) is 49.1. The van der Waals surface area contributed by atoms with Crippen LogP contribution < -0.4 is 0 Å². The van der Waals surface area contributed by atoms with Gasteiger partial charge in [-0.2, -0.15) is 0 Å². The molecule has 0 aromatic carbocycles. The Labute approximate surface area is 365 Å². The van der Waals surface area contributed by atoms with Crippen molar-refractivity contribution in [1.82, 2.24) is 0 Å². The highest BCUT2D eigenvalue weighted by molar-refractivity contribution is 5.69. The molecule has 4 N–H and O–H groups in total. The molecule has 6 atom stereocenters. The molecule has 6 unspecified atom stereocenters. The third-order valence-corrected chi connectivity index (χ3v) is 10.3. The van der Waals surface area contributed by atoms with E-state index < -0.39 is 43.4 Å². The first-order valence-electron chi connectivity index (χ1n) is 23.7. The fraction of sp³-hybridized carbons (Fsp3) is 0.706. The molecule has 0 amide bonds. The summed E-state index contributed by atoms with van der Waals surface area (Å²) in [6.45, 7) is 4.27. The van der Waals surface area contributed by atoms with Crippen molar-refractivity contribution in [2.75, 3.05) is 26.4 Å². The lowest BCUT2D eigenvalue weighted by molar-refractivity contribution is -0.305. The molecule has 1 rings (SSSR count). The standard InChI is InChI=1S/C51H86O9/c1-3-5-7-9-11-13-15-17-18-19-20-21-22-23-24-25-26-27-29-31-33-35-37-39-41-57-43-45(44-58-51-50(56)49(55)48(54)46(42-52)60-51)59-47(53)40-38-36-34-32-30-28-16-14-12-10-8-6-4-2/h5-8,11-14,17-18,20-21,28,30,45-46,48-52,54-56H,3-4,9-10,15-16,19,22-27,29,31-44H2,1-2H3/b7-5-,8-6-,13-11-,14-12-,18-17-,21-20-,30-28-. The largest absolute Gasteiger partial charge is 0.457 e. The van der Waals surface area contributed by atoms with Crippen LogP contribution in [-0.4, -0.2) is 89.6 Å². The zero-order valence-electron chi connectivity index (χ0n) is 37.7. The monoisotopic (exact) mass is 843 g/mol. The molecule has 0 aromatic rings. The Hall–Kier alpha value is -2.63. The maximum atomic E-state index is 12.8. The lowest BCUT2D eigenvalue weighted by Gasteiger charge is -2.39. The average molecular weight is 843 g/mol. The second kappa shape index (κ2) is 41.7. The highest BCUT2D eigenvalue weighted by Crippen LogP contribution is 2.22. The van der Waals surface area contributed by atoms with Gasteiger partial charge in [0.1, 0.15) is 30.5 Å². The van der Waals surface area contributed by atoms with Crippen molar-refractivity contribution in [2.45, 2.75) is 205 Å². The highest BCUT2D eigenvalue weighted by atomic mass is 16.7. The molecular weight excluding hydrogens is 757 g/mol. The first-order valence-corrected chi connectivity index (χ1v) is 23.7. The number of aliphatic hydroxyl groups is 4. The van der Waals surface area contributed by atoms with E-state index in [2.05, 4.69) is 98.9 Å². The number of ether oxygens (including phenoxy) is 4. The van der Waals surface area contributed by atoms with E-state index in [0.29, 0.717) is 13.0 Å². The average Bonchev–Trinajstić information content (AvgIpc) is 3.25. The first-order chi connectivity index (χ1) is 29.4. The first kappa shape index (κ1) is 55.4. The maximum absolute atomic E-state index is 12.8. The van der Waals surface area contributed by atoms with Gasteiger partial charge in [0.15, 0.2) is 6.29 Å². The van der Waals surface area contributed by atoms with Crippen molar-refractivity contribution >= 4 is 5.97 Å². The Balaban J connectivity index is 2.22. The highest BCUT2D eigenvalue weighted by Gasteiger charge is 2.44. The number of allylic oxidation sites excluding steroid dienone is 14. The van der Waals surface area contributed by atoms with Crippen LogP contribution in [0.3, 0.4) is 0 Å². The third kappa shape index (κ3) is 32.1. The summed E-state index contributed by atoms with van der Waals surface area (Å²) < 4.78 is 22.8. The molecule has 1 aliphatic heterocycles. The number of carbonyl (C=O) groups is 1. The minimum absolute atomic E-state index is 0.126. The predicted octanol–water partition coefficient (Wildman–Crippen LogP) is 11.0. The van der Waals surface area contributed by atoms with Crippen LogP contribution in [0.2, 0.25) is 0 Å². The van der Waals surface area contributed by atoms with Crippen LogP contribution in [0.15, 0.2) is 85.1 Å². The van der Waals surface area contributed by atoms with Crippen LogP contribution in [-0.2, 0) is 23.7 Å². The zero-order chi connectivity index (χ0) is 43.6. The topological polar surface area (TPSA) is 135 Å². The Morgan fingerprint density at radius 2 is 0.967 bits per heavy atom. The quantitative estimate of drug-likeness (QED) is 0.0271. The Bertz CT molecular complexity index is 1190. The minimum Gasteiger partial charge on any atom is -0.457 e. The van der Waals surface area contributed by atoms with Crippen LogP contribution in [0.4, 0.5) is 0 Å². The summed E-state index contributed by atoms with van der Waals surface area (Å²) in [5, 5.41) is 40.1. The molecule has 9 nitrogen and oxygen atoms in total. The molecule has 1 saturated heterocycles. The number of carbonyl (C=O) groups excluding carboxylic acids is 1. The summed E-state index contributed by atoms with van der Waals surface area (Å²) in [5.41, 5.74) is 0. The van der Waals surface area contributed by atoms with Gasteiger partial charge in [-0.15, -0.1) is 0 Å². The molecular formula is C51H86O9. The van der Waals surface area contributed by atoms with Gasteiger partial charge in [0.05, 0.1) is 19.8 Å². The number of aliphatic hydroxyl groups excluding tert-OH is 4. The Morgan fingerprint density at radius 1 is 0.533 bits per heavy atom. The fourth-order valence-corrected chi connectivity index (χ4v) is 6.67. The summed E-state index contributed by atoms with van der Waals surface area (Å²) in [6, 6.07) is 0. The maximum Gasteiger partial charge on any atom is 0.306 e. The van der Waals surface area contributed by atoms with E-state index >= 15 is 0 Å². The molecule has 0 bridgehead atoms. The smallest absolute Gasteiger partial charge is 0.306 e. The second-order valence-corrected chi connectivity index (χ2v) is 15.8. The van der Waals surface area contributed by atoms with Crippen LogP contribution in [0.1, 0.15) is 168 Å². The van der Waals surface area contributed by atoms with Crippen molar-refractivity contribution in [1.29, 1.82) is 0 Å². The van der Waals surface area contributed by atoms with Crippen LogP contribution in [0.25, 0.3) is 0 Å². The van der Waals surface area contributed by atoms with E-state index in [1.54, 1.807) is 0 Å². The van der Waals surface area contributed by atoms with Crippen molar-refractivity contribution in [3.05, 3.63) is 85.1 Å². The summed E-state index contributed by atoms with van der Waals surface area (Å²) in [4.78, 5) is 12.8. The molecule has 9 heteroatoms. The van der Waals surface area contributed by atoms with E-state index in [9.17, 15) is 25.2 Å². The third-order valence-electron chi connectivity index (χ3n) is 10.3. The summed E-state index contributed by atoms with van der Waals surface area (Å²) in [7, 11) is 0. The Morgan fingerprint density at radius 3 is 1.45 bits per heavy atom. The number of unbranched alkanes of at least 4 members (excludes halogenated alkanes) is 14. The van der Waals surface area contributed by atoms with Crippen molar-refractivity contribution in [2.24, 2.45) is 0 Å². The molecule has 0 saturated carbocycles. The molecule has 1 aliphatic rings. The van der Waals surface area contributed by atoms with Gasteiger partial charge in [-0.3, -0.25) is 4.79 Å². The lowest BCUT2D eigenvalue weighted by Crippen LogP contribution is -2.59. The fourth-order valence-electron chi connectivity index (χ4n) is 6.67. The van der Waals surface area contributed by atoms with Gasteiger partial charge in [-0.05, 0) is 83.5 Å². The SMILES string of the molecule is CC/C=C\C/C=C\C/C=C\C/C=C\CCCCCCCCCCCCCOCC(COC1OC(CO)C(O)C(O)C1O)OC(=O)CCCCC/C=C\C/C=C\C/C=C\CC. The minimum atomic E-state index is -1.55.